The second-order valence-corrected chi connectivity index (χ2v) is 3.17. The predicted octanol–water partition coefficient (Wildman–Crippen LogP) is 2.34. The minimum atomic E-state index is -0.513. The van der Waals surface area contributed by atoms with Crippen molar-refractivity contribution >= 4 is 23.4 Å². The van der Waals surface area contributed by atoms with Crippen LogP contribution in [0.25, 0.3) is 6.08 Å². The second kappa shape index (κ2) is 5.48. The molecule has 0 aliphatic carbocycles. The van der Waals surface area contributed by atoms with E-state index in [1.807, 2.05) is 0 Å². The average Bonchev–Trinajstić information content (AvgIpc) is 2.25. The predicted molar refractivity (Wildman–Crippen MR) is 58.8 cm³/mol. The molecule has 0 aliphatic heterocycles. The third-order valence-corrected chi connectivity index (χ3v) is 2.05. The summed E-state index contributed by atoms with van der Waals surface area (Å²) in [5.41, 5.74) is 1.02. The van der Waals surface area contributed by atoms with Gasteiger partial charge in [0.2, 0.25) is 0 Å². The van der Waals surface area contributed by atoms with Gasteiger partial charge in [0, 0.05) is 11.9 Å². The fourth-order valence-electron chi connectivity index (χ4n) is 1.19. The Morgan fingerprint density at radius 1 is 1.53 bits per heavy atom. The van der Waals surface area contributed by atoms with Crippen LogP contribution in [0.4, 0.5) is 5.69 Å². The van der Waals surface area contributed by atoms with Crippen LogP contribution in [0.1, 0.15) is 11.1 Å². The van der Waals surface area contributed by atoms with Crippen molar-refractivity contribution in [2.24, 2.45) is 0 Å². The molecule has 0 aliphatic rings. The summed E-state index contributed by atoms with van der Waals surface area (Å²) >= 11 is 5.46. The molecule has 0 amide bonds. The number of benzene rings is 1. The van der Waals surface area contributed by atoms with Crippen LogP contribution in [0.15, 0.2) is 24.3 Å². The first kappa shape index (κ1) is 11.7. The van der Waals surface area contributed by atoms with Crippen molar-refractivity contribution in [3.8, 4) is 0 Å². The van der Waals surface area contributed by atoms with Crippen LogP contribution < -0.4 is 0 Å². The highest BCUT2D eigenvalue weighted by molar-refractivity contribution is 6.19. The van der Waals surface area contributed by atoms with Crippen molar-refractivity contribution in [3.05, 3.63) is 45.5 Å². The lowest BCUT2D eigenvalue weighted by Gasteiger charge is -2.00. The van der Waals surface area contributed by atoms with Crippen LogP contribution in [-0.2, 0) is 6.61 Å². The monoisotopic (exact) mass is 227 g/mol. The highest BCUT2D eigenvalue weighted by atomic mass is 35.5. The van der Waals surface area contributed by atoms with Crippen LogP contribution in [0.2, 0.25) is 0 Å². The highest BCUT2D eigenvalue weighted by Gasteiger charge is 2.11. The van der Waals surface area contributed by atoms with E-state index < -0.39 is 4.92 Å². The maximum atomic E-state index is 10.6. The van der Waals surface area contributed by atoms with E-state index >= 15 is 0 Å². The fourth-order valence-corrected chi connectivity index (χ4v) is 1.28. The third kappa shape index (κ3) is 3.04. The van der Waals surface area contributed by atoms with E-state index in [0.29, 0.717) is 11.4 Å². The Morgan fingerprint density at radius 2 is 2.27 bits per heavy atom. The number of allylic oxidation sites excluding steroid dienone is 1. The summed E-state index contributed by atoms with van der Waals surface area (Å²) in [5, 5.41) is 19.5. The lowest BCUT2D eigenvalue weighted by atomic mass is 10.1. The molecule has 1 aromatic rings. The summed E-state index contributed by atoms with van der Waals surface area (Å²) in [7, 11) is 0. The van der Waals surface area contributed by atoms with Gasteiger partial charge in [-0.1, -0.05) is 12.2 Å². The van der Waals surface area contributed by atoms with Gasteiger partial charge in [-0.2, -0.15) is 0 Å². The summed E-state index contributed by atoms with van der Waals surface area (Å²) in [6.45, 7) is -0.348. The number of hydrogen-bond donors (Lipinski definition) is 1. The zero-order valence-corrected chi connectivity index (χ0v) is 8.65. The van der Waals surface area contributed by atoms with Crippen molar-refractivity contribution in [1.82, 2.24) is 0 Å². The van der Waals surface area contributed by atoms with Gasteiger partial charge in [0.15, 0.2) is 0 Å². The Labute approximate surface area is 92.0 Å². The van der Waals surface area contributed by atoms with E-state index in [2.05, 4.69) is 0 Å². The third-order valence-electron chi connectivity index (χ3n) is 1.87. The molecule has 0 bridgehead atoms. The molecule has 0 saturated carbocycles. The maximum Gasteiger partial charge on any atom is 0.274 e. The molecule has 15 heavy (non-hydrogen) atoms. The molecule has 5 heteroatoms. The normalized spacial score (nSPS) is 10.8. The quantitative estimate of drug-likeness (QED) is 0.488. The summed E-state index contributed by atoms with van der Waals surface area (Å²) in [4.78, 5) is 10.0. The molecular formula is C10H10ClNO3. The number of hydrogen-bond acceptors (Lipinski definition) is 3. The van der Waals surface area contributed by atoms with Gasteiger partial charge >= 0.3 is 0 Å². The Bertz CT molecular complexity index is 390. The first-order chi connectivity index (χ1) is 7.19. The van der Waals surface area contributed by atoms with Gasteiger partial charge in [0.05, 0.1) is 17.1 Å². The SMILES string of the molecule is O=[N+]([O-])c1ccc(C=CCCl)cc1CO. The second-order valence-electron chi connectivity index (χ2n) is 2.86. The van der Waals surface area contributed by atoms with Gasteiger partial charge < -0.3 is 5.11 Å². The van der Waals surface area contributed by atoms with E-state index in [1.54, 1.807) is 24.3 Å². The Kier molecular flexibility index (Phi) is 4.27. The molecule has 0 unspecified atom stereocenters. The van der Waals surface area contributed by atoms with Gasteiger partial charge in [-0.25, -0.2) is 0 Å². The molecule has 0 aromatic heterocycles. The molecule has 0 heterocycles. The summed E-state index contributed by atoms with van der Waals surface area (Å²) in [5.74, 6) is 0.380. The lowest BCUT2D eigenvalue weighted by molar-refractivity contribution is -0.385. The number of nitrogens with zero attached hydrogens (tertiary/aromatic N) is 1. The van der Waals surface area contributed by atoms with E-state index in [4.69, 9.17) is 16.7 Å². The molecule has 0 spiro atoms. The number of alkyl halides is 1. The summed E-state index contributed by atoms with van der Waals surface area (Å²) < 4.78 is 0. The maximum absolute atomic E-state index is 10.6. The first-order valence-corrected chi connectivity index (χ1v) is 4.83. The van der Waals surface area contributed by atoms with Crippen molar-refractivity contribution in [2.45, 2.75) is 6.61 Å². The molecular weight excluding hydrogens is 218 g/mol. The zero-order valence-electron chi connectivity index (χ0n) is 7.89. The van der Waals surface area contributed by atoms with E-state index in [-0.39, 0.29) is 12.3 Å². The largest absolute Gasteiger partial charge is 0.391 e. The molecule has 1 aromatic carbocycles. The molecule has 1 rings (SSSR count). The van der Waals surface area contributed by atoms with Crippen molar-refractivity contribution < 1.29 is 10.0 Å². The number of nitro groups is 1. The van der Waals surface area contributed by atoms with E-state index in [0.717, 1.165) is 5.56 Å². The molecule has 0 atom stereocenters. The van der Waals surface area contributed by atoms with E-state index in [9.17, 15) is 10.1 Å². The smallest absolute Gasteiger partial charge is 0.274 e. The molecule has 0 radical (unpaired) electrons. The van der Waals surface area contributed by atoms with Gasteiger partial charge in [0.25, 0.3) is 5.69 Å². The Balaban J connectivity index is 3.07. The lowest BCUT2D eigenvalue weighted by Crippen LogP contribution is -1.95. The molecule has 0 fully saturated rings. The number of nitro benzene ring substituents is 1. The summed E-state index contributed by atoms with van der Waals surface area (Å²) in [6, 6.07) is 4.56. The average molecular weight is 228 g/mol. The van der Waals surface area contributed by atoms with Gasteiger partial charge in [0.1, 0.15) is 0 Å². The van der Waals surface area contributed by atoms with Gasteiger partial charge in [-0.3, -0.25) is 10.1 Å². The molecule has 1 N–H and O–H groups in total. The van der Waals surface area contributed by atoms with E-state index in [1.165, 1.54) is 6.07 Å². The zero-order chi connectivity index (χ0) is 11.3. The number of aliphatic hydroxyl groups is 1. The van der Waals surface area contributed by atoms with Crippen LogP contribution in [0, 0.1) is 10.1 Å². The fraction of sp³-hybridized carbons (Fsp3) is 0.200. The minimum Gasteiger partial charge on any atom is -0.391 e. The molecule has 0 saturated heterocycles. The van der Waals surface area contributed by atoms with Crippen LogP contribution >= 0.6 is 11.6 Å². The Morgan fingerprint density at radius 3 is 2.80 bits per heavy atom. The van der Waals surface area contributed by atoms with Crippen LogP contribution in [-0.4, -0.2) is 15.9 Å². The number of aliphatic hydroxyl groups excluding tert-OH is 1. The van der Waals surface area contributed by atoms with Crippen LogP contribution in [0.5, 0.6) is 0 Å². The number of rotatable bonds is 4. The van der Waals surface area contributed by atoms with Gasteiger partial charge in [-0.05, 0) is 17.7 Å². The highest BCUT2D eigenvalue weighted by Crippen LogP contribution is 2.20. The van der Waals surface area contributed by atoms with Gasteiger partial charge in [-0.15, -0.1) is 11.6 Å². The minimum absolute atomic E-state index is 0.0690. The van der Waals surface area contributed by atoms with Crippen LogP contribution in [0.3, 0.4) is 0 Å². The van der Waals surface area contributed by atoms with Crippen molar-refractivity contribution in [2.75, 3.05) is 5.88 Å². The van der Waals surface area contributed by atoms with Crippen molar-refractivity contribution in [3.63, 3.8) is 0 Å². The van der Waals surface area contributed by atoms with Crippen molar-refractivity contribution in [1.29, 1.82) is 0 Å². The number of halogens is 1. The Hall–Kier alpha value is -1.39. The first-order valence-electron chi connectivity index (χ1n) is 4.29. The standard InChI is InChI=1S/C10H10ClNO3/c11-5-1-2-8-3-4-10(12(14)15)9(6-8)7-13/h1-4,6,13H,5,7H2. The summed E-state index contributed by atoms with van der Waals surface area (Å²) in [6.07, 6.45) is 3.47. The topological polar surface area (TPSA) is 63.4 Å². The molecule has 80 valence electrons. The molecule has 4 nitrogen and oxygen atoms in total.